The molecule has 2 aromatic rings. The zero-order chi connectivity index (χ0) is 28.8. The van der Waals surface area contributed by atoms with Gasteiger partial charge in [-0.1, -0.05) is 12.5 Å². The lowest BCUT2D eigenvalue weighted by Gasteiger charge is -2.31. The zero-order valence-electron chi connectivity index (χ0n) is 23.4. The fourth-order valence-electron chi connectivity index (χ4n) is 6.17. The van der Waals surface area contributed by atoms with Crippen LogP contribution in [0.25, 0.3) is 0 Å². The molecule has 2 saturated heterocycles. The van der Waals surface area contributed by atoms with Crippen LogP contribution in [0.5, 0.6) is 5.75 Å². The summed E-state index contributed by atoms with van der Waals surface area (Å²) in [7, 11) is 0. The number of nitrogens with one attached hydrogen (secondary N) is 1. The van der Waals surface area contributed by atoms with Gasteiger partial charge in [-0.25, -0.2) is 18.2 Å². The molecule has 0 bridgehead atoms. The molecule has 0 aliphatic carbocycles. The number of ether oxygens (including phenoxy) is 2. The Hall–Kier alpha value is -2.85. The number of carboxylic acid groups (broad SMARTS) is 1. The molecule has 3 atom stereocenters. The molecule has 2 fully saturated rings. The first kappa shape index (κ1) is 29.6. The Bertz CT molecular complexity index is 1190. The minimum Gasteiger partial charge on any atom is -0.490 e. The first-order valence-corrected chi connectivity index (χ1v) is 14.8. The third-order valence-electron chi connectivity index (χ3n) is 8.62. The van der Waals surface area contributed by atoms with Crippen molar-refractivity contribution < 1.29 is 32.5 Å². The molecule has 4 heterocycles. The van der Waals surface area contributed by atoms with Crippen LogP contribution in [-0.2, 0) is 22.4 Å². The normalized spacial score (nSPS) is 22.0. The Morgan fingerprint density at radius 2 is 2.07 bits per heavy atom. The van der Waals surface area contributed by atoms with Crippen LogP contribution in [0, 0.1) is 11.7 Å². The van der Waals surface area contributed by atoms with Gasteiger partial charge in [0.1, 0.15) is 41.9 Å². The lowest BCUT2D eigenvalue weighted by atomic mass is 9.97. The molecule has 7 nitrogen and oxygen atoms in total. The van der Waals surface area contributed by atoms with Gasteiger partial charge in [0.15, 0.2) is 0 Å². The molecule has 3 unspecified atom stereocenters. The molecule has 0 spiro atoms. The smallest absolute Gasteiger partial charge is 0.325 e. The maximum absolute atomic E-state index is 15.3. The van der Waals surface area contributed by atoms with Crippen molar-refractivity contribution in [3.05, 3.63) is 53.0 Å². The molecule has 5 rings (SSSR count). The van der Waals surface area contributed by atoms with E-state index in [-0.39, 0.29) is 56.4 Å². The number of pyridine rings is 1. The van der Waals surface area contributed by atoms with Crippen molar-refractivity contribution in [2.24, 2.45) is 5.92 Å². The number of aliphatic carboxylic acids is 1. The van der Waals surface area contributed by atoms with Crippen molar-refractivity contribution in [2.75, 3.05) is 44.8 Å². The van der Waals surface area contributed by atoms with Crippen LogP contribution in [0.2, 0.25) is 0 Å². The van der Waals surface area contributed by atoms with Crippen LogP contribution in [0.1, 0.15) is 67.8 Å². The number of hydrogen-bond donors (Lipinski definition) is 2. The standard InChI is InChI=1S/C31H40F3N3O4/c32-23-8-10-27(41-20-31(34)12-16-40-17-13-31)25(18-23)28(30(38)39)37-15-11-22(19-37)26(33)6-2-1-5-24-9-7-21-4-3-14-35-29(21)36-24/h7-10,18,22,26,28H,1-6,11-17,19-20H2,(H,35,36)(H,38,39). The summed E-state index contributed by atoms with van der Waals surface area (Å²) in [6.07, 6.45) is 4.70. The molecule has 0 radical (unpaired) electrons. The Morgan fingerprint density at radius 1 is 1.24 bits per heavy atom. The summed E-state index contributed by atoms with van der Waals surface area (Å²) in [4.78, 5) is 18.8. The predicted molar refractivity (Wildman–Crippen MR) is 149 cm³/mol. The van der Waals surface area contributed by atoms with Crippen LogP contribution in [0.3, 0.4) is 0 Å². The summed E-state index contributed by atoms with van der Waals surface area (Å²) in [6, 6.07) is 6.62. The molecule has 1 aromatic carbocycles. The molecular formula is C31H40F3N3O4. The Kier molecular flexibility index (Phi) is 9.70. The molecule has 3 aliphatic heterocycles. The summed E-state index contributed by atoms with van der Waals surface area (Å²) < 4.78 is 55.7. The van der Waals surface area contributed by atoms with E-state index >= 15 is 8.78 Å². The van der Waals surface area contributed by atoms with Crippen LogP contribution in [-0.4, -0.2) is 72.3 Å². The number of aromatic nitrogens is 1. The minimum atomic E-state index is -1.59. The van der Waals surface area contributed by atoms with Gasteiger partial charge >= 0.3 is 5.97 Å². The van der Waals surface area contributed by atoms with E-state index in [1.54, 1.807) is 4.90 Å². The number of alkyl halides is 2. The quantitative estimate of drug-likeness (QED) is 0.315. The van der Waals surface area contributed by atoms with Gasteiger partial charge in [0.2, 0.25) is 0 Å². The molecular weight excluding hydrogens is 535 g/mol. The fourth-order valence-corrected chi connectivity index (χ4v) is 6.17. The van der Waals surface area contributed by atoms with Crippen LogP contribution >= 0.6 is 0 Å². The number of anilines is 1. The van der Waals surface area contributed by atoms with Gasteiger partial charge in [0, 0.05) is 56.3 Å². The highest BCUT2D eigenvalue weighted by atomic mass is 19.1. The van der Waals surface area contributed by atoms with Gasteiger partial charge in [-0.3, -0.25) is 9.69 Å². The maximum atomic E-state index is 15.3. The number of fused-ring (bicyclic) bond motifs is 1. The third-order valence-corrected chi connectivity index (χ3v) is 8.62. The number of carbonyl (C=O) groups is 1. The average molecular weight is 576 g/mol. The van der Waals surface area contributed by atoms with Crippen LogP contribution < -0.4 is 10.1 Å². The van der Waals surface area contributed by atoms with Crippen LogP contribution in [0.15, 0.2) is 30.3 Å². The van der Waals surface area contributed by atoms with E-state index in [4.69, 9.17) is 14.5 Å². The predicted octanol–water partition coefficient (Wildman–Crippen LogP) is 5.68. The highest BCUT2D eigenvalue weighted by Gasteiger charge is 2.39. The molecule has 224 valence electrons. The Labute approximate surface area is 239 Å². The van der Waals surface area contributed by atoms with Crippen molar-refractivity contribution in [1.82, 2.24) is 9.88 Å². The van der Waals surface area contributed by atoms with E-state index in [0.717, 1.165) is 49.8 Å². The summed E-state index contributed by atoms with van der Waals surface area (Å²) in [5, 5.41) is 13.5. The molecule has 1 aromatic heterocycles. The van der Waals surface area contributed by atoms with E-state index in [1.165, 1.54) is 17.7 Å². The van der Waals surface area contributed by atoms with Crippen LogP contribution in [0.4, 0.5) is 19.0 Å². The average Bonchev–Trinajstić information content (AvgIpc) is 3.45. The Morgan fingerprint density at radius 3 is 2.88 bits per heavy atom. The van der Waals surface area contributed by atoms with E-state index in [9.17, 15) is 14.3 Å². The second-order valence-electron chi connectivity index (χ2n) is 11.6. The van der Waals surface area contributed by atoms with E-state index in [2.05, 4.69) is 17.4 Å². The SMILES string of the molecule is O=C(O)C(c1cc(F)ccc1OCC1(F)CCOCC1)N1CCC(C(F)CCCCc2ccc3c(n2)NCCC3)C1. The first-order valence-electron chi connectivity index (χ1n) is 14.8. The van der Waals surface area contributed by atoms with Gasteiger partial charge < -0.3 is 19.9 Å². The number of hydrogen-bond acceptors (Lipinski definition) is 6. The first-order chi connectivity index (χ1) is 19.8. The van der Waals surface area contributed by atoms with Crippen molar-refractivity contribution in [1.29, 1.82) is 0 Å². The Balaban J connectivity index is 1.15. The van der Waals surface area contributed by atoms with Crippen molar-refractivity contribution in [2.45, 2.75) is 75.7 Å². The van der Waals surface area contributed by atoms with Crippen molar-refractivity contribution >= 4 is 11.8 Å². The number of unbranched alkanes of at least 4 members (excludes halogenated alkanes) is 1. The second-order valence-corrected chi connectivity index (χ2v) is 11.6. The monoisotopic (exact) mass is 575 g/mol. The highest BCUT2D eigenvalue weighted by molar-refractivity contribution is 5.77. The molecule has 3 aliphatic rings. The number of benzene rings is 1. The van der Waals surface area contributed by atoms with Gasteiger partial charge in [-0.15, -0.1) is 0 Å². The topological polar surface area (TPSA) is 83.9 Å². The summed E-state index contributed by atoms with van der Waals surface area (Å²) >= 11 is 0. The number of carboxylic acids is 1. The highest BCUT2D eigenvalue weighted by Crippen LogP contribution is 2.37. The third kappa shape index (κ3) is 7.52. The lowest BCUT2D eigenvalue weighted by Crippen LogP contribution is -2.38. The molecule has 41 heavy (non-hydrogen) atoms. The molecule has 10 heteroatoms. The van der Waals surface area contributed by atoms with Gasteiger partial charge in [-0.2, -0.15) is 0 Å². The largest absolute Gasteiger partial charge is 0.490 e. The number of aryl methyl sites for hydroxylation is 2. The molecule has 0 amide bonds. The van der Waals surface area contributed by atoms with E-state index in [1.807, 2.05) is 0 Å². The number of halogens is 3. The fraction of sp³-hybridized carbons (Fsp3) is 0.613. The number of rotatable bonds is 12. The van der Waals surface area contributed by atoms with Crippen molar-refractivity contribution in [3.63, 3.8) is 0 Å². The van der Waals surface area contributed by atoms with Crippen molar-refractivity contribution in [3.8, 4) is 5.75 Å². The number of likely N-dealkylation sites (tertiary alicyclic amines) is 1. The summed E-state index contributed by atoms with van der Waals surface area (Å²) in [6.45, 7) is 1.86. The van der Waals surface area contributed by atoms with Gasteiger partial charge in [0.25, 0.3) is 0 Å². The maximum Gasteiger partial charge on any atom is 0.325 e. The number of nitrogens with zero attached hydrogens (tertiary/aromatic N) is 2. The lowest BCUT2D eigenvalue weighted by molar-refractivity contribution is -0.143. The molecule has 0 saturated carbocycles. The van der Waals surface area contributed by atoms with Gasteiger partial charge in [-0.05, 0) is 74.9 Å². The van der Waals surface area contributed by atoms with E-state index < -0.39 is 29.7 Å². The summed E-state index contributed by atoms with van der Waals surface area (Å²) in [5.41, 5.74) is 0.789. The van der Waals surface area contributed by atoms with E-state index in [0.29, 0.717) is 25.8 Å². The van der Waals surface area contributed by atoms with Gasteiger partial charge in [0.05, 0.1) is 0 Å². The molecule has 2 N–H and O–H groups in total. The minimum absolute atomic E-state index is 0.122. The summed E-state index contributed by atoms with van der Waals surface area (Å²) in [5.74, 6) is -0.992. The zero-order valence-corrected chi connectivity index (χ0v) is 23.4. The second kappa shape index (κ2) is 13.4.